The zero-order valence-corrected chi connectivity index (χ0v) is 6.46. The Morgan fingerprint density at radius 2 is 2.30 bits per heavy atom. The van der Waals surface area contributed by atoms with Crippen molar-refractivity contribution < 1.29 is 9.53 Å². The van der Waals surface area contributed by atoms with Gasteiger partial charge in [-0.3, -0.25) is 4.79 Å². The van der Waals surface area contributed by atoms with Crippen molar-refractivity contribution in [3.63, 3.8) is 0 Å². The number of ether oxygens (including phenoxy) is 1. The van der Waals surface area contributed by atoms with Crippen LogP contribution in [0, 0.1) is 0 Å². The second kappa shape index (κ2) is 4.99. The van der Waals surface area contributed by atoms with Crippen LogP contribution in [0.1, 0.15) is 6.42 Å². The van der Waals surface area contributed by atoms with Gasteiger partial charge < -0.3 is 9.64 Å². The van der Waals surface area contributed by atoms with Crippen LogP contribution in [-0.4, -0.2) is 31.5 Å². The van der Waals surface area contributed by atoms with Crippen molar-refractivity contribution in [3.05, 3.63) is 12.8 Å². The van der Waals surface area contributed by atoms with Crippen LogP contribution in [0.15, 0.2) is 12.8 Å². The highest BCUT2D eigenvalue weighted by Crippen LogP contribution is 1.87. The smallest absolute Gasteiger partial charge is 0.311 e. The molecule has 0 aliphatic heterocycles. The molecule has 0 aliphatic carbocycles. The predicted octanol–water partition coefficient (Wildman–Crippen LogP) is 0.625. The first-order valence-corrected chi connectivity index (χ1v) is 3.12. The molecule has 10 heavy (non-hydrogen) atoms. The van der Waals surface area contributed by atoms with Crippen LogP contribution in [0.2, 0.25) is 0 Å². The van der Waals surface area contributed by atoms with Gasteiger partial charge in [-0.05, 0) is 14.1 Å². The molecule has 0 atom stereocenters. The Balaban J connectivity index is 3.30. The molecule has 58 valence electrons. The Kier molecular flexibility index (Phi) is 4.58. The summed E-state index contributed by atoms with van der Waals surface area (Å²) in [6.45, 7) is 3.99. The largest absolute Gasteiger partial charge is 0.435 e. The SMILES string of the molecule is C=COC(=O)CCN(C)C. The third-order valence-corrected chi connectivity index (χ3v) is 0.978. The summed E-state index contributed by atoms with van der Waals surface area (Å²) in [4.78, 5) is 12.5. The molecule has 0 saturated carbocycles. The maximum atomic E-state index is 10.6. The Bertz CT molecular complexity index is 121. The Hall–Kier alpha value is -0.830. The molecular weight excluding hydrogens is 130 g/mol. The van der Waals surface area contributed by atoms with Crippen molar-refractivity contribution >= 4 is 5.97 Å². The second-order valence-corrected chi connectivity index (χ2v) is 2.21. The third-order valence-electron chi connectivity index (χ3n) is 0.978. The van der Waals surface area contributed by atoms with E-state index in [2.05, 4.69) is 11.3 Å². The van der Waals surface area contributed by atoms with Gasteiger partial charge in [0.1, 0.15) is 0 Å². The third kappa shape index (κ3) is 5.31. The highest BCUT2D eigenvalue weighted by Gasteiger charge is 1.99. The quantitative estimate of drug-likeness (QED) is 0.427. The minimum atomic E-state index is -0.233. The number of rotatable bonds is 4. The van der Waals surface area contributed by atoms with Crippen LogP contribution >= 0.6 is 0 Å². The van der Waals surface area contributed by atoms with E-state index in [0.717, 1.165) is 6.26 Å². The van der Waals surface area contributed by atoms with Crippen molar-refractivity contribution in [3.8, 4) is 0 Å². The van der Waals surface area contributed by atoms with Gasteiger partial charge in [0, 0.05) is 6.54 Å². The van der Waals surface area contributed by atoms with E-state index in [9.17, 15) is 4.79 Å². The van der Waals surface area contributed by atoms with E-state index in [1.54, 1.807) is 0 Å². The van der Waals surface area contributed by atoms with E-state index < -0.39 is 0 Å². The predicted molar refractivity (Wildman–Crippen MR) is 39.5 cm³/mol. The van der Waals surface area contributed by atoms with E-state index in [0.29, 0.717) is 13.0 Å². The summed E-state index contributed by atoms with van der Waals surface area (Å²) in [5.41, 5.74) is 0. The normalized spacial score (nSPS) is 9.50. The number of hydrogen-bond acceptors (Lipinski definition) is 3. The molecule has 0 N–H and O–H groups in total. The number of carbonyl (C=O) groups is 1. The fraction of sp³-hybridized carbons (Fsp3) is 0.571. The molecule has 0 aromatic heterocycles. The Labute approximate surface area is 61.3 Å². The molecule has 0 aromatic carbocycles. The van der Waals surface area contributed by atoms with Crippen molar-refractivity contribution in [2.75, 3.05) is 20.6 Å². The Morgan fingerprint density at radius 1 is 1.70 bits per heavy atom. The maximum absolute atomic E-state index is 10.6. The molecular formula is C7H13NO2. The fourth-order valence-corrected chi connectivity index (χ4v) is 0.467. The topological polar surface area (TPSA) is 29.5 Å². The lowest BCUT2D eigenvalue weighted by atomic mass is 10.4. The lowest BCUT2D eigenvalue weighted by molar-refractivity contribution is -0.138. The van der Waals surface area contributed by atoms with Crippen LogP contribution in [0.25, 0.3) is 0 Å². The average Bonchev–Trinajstić information content (AvgIpc) is 1.85. The molecule has 0 spiro atoms. The van der Waals surface area contributed by atoms with Gasteiger partial charge in [-0.15, -0.1) is 0 Å². The first-order valence-electron chi connectivity index (χ1n) is 3.12. The van der Waals surface area contributed by atoms with E-state index in [1.165, 1.54) is 0 Å². The molecule has 3 heteroatoms. The van der Waals surface area contributed by atoms with Crippen LogP contribution < -0.4 is 0 Å². The summed E-state index contributed by atoms with van der Waals surface area (Å²) in [6.07, 6.45) is 1.57. The summed E-state index contributed by atoms with van der Waals surface area (Å²) in [6, 6.07) is 0. The maximum Gasteiger partial charge on any atom is 0.311 e. The number of esters is 1. The minimum Gasteiger partial charge on any atom is -0.435 e. The van der Waals surface area contributed by atoms with Crippen molar-refractivity contribution in [1.82, 2.24) is 4.90 Å². The average molecular weight is 143 g/mol. The molecule has 0 unspecified atom stereocenters. The van der Waals surface area contributed by atoms with Gasteiger partial charge in [-0.1, -0.05) is 6.58 Å². The standard InChI is InChI=1S/C7H13NO2/c1-4-10-7(9)5-6-8(2)3/h4H,1,5-6H2,2-3H3. The van der Waals surface area contributed by atoms with Crippen LogP contribution in [0.5, 0.6) is 0 Å². The molecule has 0 fully saturated rings. The van der Waals surface area contributed by atoms with Gasteiger partial charge >= 0.3 is 5.97 Å². The molecule has 0 rings (SSSR count). The highest BCUT2D eigenvalue weighted by molar-refractivity contribution is 5.70. The molecule has 0 amide bonds. The molecule has 0 bridgehead atoms. The number of nitrogens with zero attached hydrogens (tertiary/aromatic N) is 1. The Morgan fingerprint density at radius 3 is 2.70 bits per heavy atom. The summed E-state index contributed by atoms with van der Waals surface area (Å²) < 4.78 is 4.49. The molecule has 0 aliphatic rings. The summed E-state index contributed by atoms with van der Waals surface area (Å²) >= 11 is 0. The van der Waals surface area contributed by atoms with Gasteiger partial charge in [0.2, 0.25) is 0 Å². The van der Waals surface area contributed by atoms with Crippen LogP contribution in [0.4, 0.5) is 0 Å². The van der Waals surface area contributed by atoms with Gasteiger partial charge in [0.05, 0.1) is 12.7 Å². The van der Waals surface area contributed by atoms with E-state index in [4.69, 9.17) is 0 Å². The first kappa shape index (κ1) is 9.17. The van der Waals surface area contributed by atoms with E-state index in [1.807, 2.05) is 19.0 Å². The van der Waals surface area contributed by atoms with E-state index in [-0.39, 0.29) is 5.97 Å². The van der Waals surface area contributed by atoms with Gasteiger partial charge in [-0.2, -0.15) is 0 Å². The van der Waals surface area contributed by atoms with Crippen LogP contribution in [-0.2, 0) is 9.53 Å². The van der Waals surface area contributed by atoms with Gasteiger partial charge in [0.25, 0.3) is 0 Å². The molecule has 0 aromatic rings. The second-order valence-electron chi connectivity index (χ2n) is 2.21. The monoisotopic (exact) mass is 143 g/mol. The first-order chi connectivity index (χ1) is 4.66. The lowest BCUT2D eigenvalue weighted by Gasteiger charge is -2.06. The van der Waals surface area contributed by atoms with Crippen LogP contribution in [0.3, 0.4) is 0 Å². The highest BCUT2D eigenvalue weighted by atomic mass is 16.5. The molecule has 3 nitrogen and oxygen atoms in total. The lowest BCUT2D eigenvalue weighted by Crippen LogP contribution is -2.16. The number of carbonyl (C=O) groups excluding carboxylic acids is 1. The van der Waals surface area contributed by atoms with Crippen molar-refractivity contribution in [2.24, 2.45) is 0 Å². The molecule has 0 saturated heterocycles. The van der Waals surface area contributed by atoms with Gasteiger partial charge in [-0.25, -0.2) is 0 Å². The minimum absolute atomic E-state index is 0.233. The number of hydrogen-bond donors (Lipinski definition) is 0. The summed E-state index contributed by atoms with van der Waals surface area (Å²) in [5, 5.41) is 0. The summed E-state index contributed by atoms with van der Waals surface area (Å²) in [5.74, 6) is -0.233. The van der Waals surface area contributed by atoms with E-state index >= 15 is 0 Å². The van der Waals surface area contributed by atoms with Crippen molar-refractivity contribution in [2.45, 2.75) is 6.42 Å². The summed E-state index contributed by atoms with van der Waals surface area (Å²) in [7, 11) is 3.81. The van der Waals surface area contributed by atoms with Gasteiger partial charge in [0.15, 0.2) is 0 Å². The molecule has 0 heterocycles. The zero-order valence-electron chi connectivity index (χ0n) is 6.46. The zero-order chi connectivity index (χ0) is 7.98. The van der Waals surface area contributed by atoms with Crippen molar-refractivity contribution in [1.29, 1.82) is 0 Å². The molecule has 0 radical (unpaired) electrons. The fourth-order valence-electron chi connectivity index (χ4n) is 0.467.